The van der Waals surface area contributed by atoms with Gasteiger partial charge in [-0.25, -0.2) is 8.42 Å². The number of sulfonamides is 1. The molecule has 0 heterocycles. The highest BCUT2D eigenvalue weighted by atomic mass is 79.9. The third-order valence-corrected chi connectivity index (χ3v) is 7.95. The first-order chi connectivity index (χ1) is 19.9. The minimum absolute atomic E-state index is 0.0427. The van der Waals surface area contributed by atoms with Crippen LogP contribution in [0.15, 0.2) is 77.7 Å². The van der Waals surface area contributed by atoms with E-state index in [1.54, 1.807) is 0 Å². The van der Waals surface area contributed by atoms with Crippen LogP contribution in [0.4, 0.5) is 5.69 Å². The standard InChI is InChI=1S/C32H24Br2N2O4S/c33-23-8-16-28-13-4-3-12-27(28)11-2-1-7-25-35(41(39,40)32-21-19-31(20-22-32)36(37)38)26-10-18-30-15-6-5-14-29(30)17-9-24-34/h3-6,12-15,19-22H,1,7,23-26H2. The van der Waals surface area contributed by atoms with Gasteiger partial charge in [0.1, 0.15) is 0 Å². The van der Waals surface area contributed by atoms with Crippen molar-refractivity contribution < 1.29 is 13.3 Å². The van der Waals surface area contributed by atoms with Crippen molar-refractivity contribution in [2.75, 3.05) is 23.7 Å². The summed E-state index contributed by atoms with van der Waals surface area (Å²) in [7, 11) is -3.98. The van der Waals surface area contributed by atoms with Gasteiger partial charge in [0.2, 0.25) is 10.0 Å². The van der Waals surface area contributed by atoms with E-state index in [0.717, 1.165) is 16.7 Å². The average molecular weight is 692 g/mol. The van der Waals surface area contributed by atoms with Crippen molar-refractivity contribution in [1.82, 2.24) is 4.31 Å². The van der Waals surface area contributed by atoms with Gasteiger partial charge in [-0.05, 0) is 42.8 Å². The van der Waals surface area contributed by atoms with Gasteiger partial charge in [-0.2, -0.15) is 4.31 Å². The van der Waals surface area contributed by atoms with E-state index >= 15 is 0 Å². The molecule has 0 spiro atoms. The molecule has 0 bridgehead atoms. The molecular formula is C32H24Br2N2O4S. The fourth-order valence-corrected chi connectivity index (χ4v) is 5.22. The monoisotopic (exact) mass is 690 g/mol. The highest BCUT2D eigenvalue weighted by molar-refractivity contribution is 9.09. The van der Waals surface area contributed by atoms with E-state index in [2.05, 4.69) is 79.2 Å². The number of non-ortho nitro benzene ring substituents is 1. The lowest BCUT2D eigenvalue weighted by Crippen LogP contribution is -2.32. The molecule has 6 nitrogen and oxygen atoms in total. The smallest absolute Gasteiger partial charge is 0.258 e. The lowest BCUT2D eigenvalue weighted by molar-refractivity contribution is -0.384. The van der Waals surface area contributed by atoms with E-state index in [-0.39, 0.29) is 23.7 Å². The third-order valence-electron chi connectivity index (χ3n) is 5.53. The number of alkyl halides is 2. The Morgan fingerprint density at radius 3 is 1.63 bits per heavy atom. The number of nitro benzene ring substituents is 1. The van der Waals surface area contributed by atoms with Gasteiger partial charge >= 0.3 is 0 Å². The molecule has 0 aromatic heterocycles. The Labute approximate surface area is 258 Å². The molecule has 0 aliphatic rings. The van der Waals surface area contributed by atoms with Crippen molar-refractivity contribution in [3.05, 3.63) is 105 Å². The maximum atomic E-state index is 13.5. The van der Waals surface area contributed by atoms with Crippen LogP contribution in [0.25, 0.3) is 0 Å². The Bertz CT molecular complexity index is 1740. The fourth-order valence-electron chi connectivity index (χ4n) is 3.56. The van der Waals surface area contributed by atoms with Gasteiger partial charge in [-0.3, -0.25) is 10.1 Å². The van der Waals surface area contributed by atoms with Gasteiger partial charge < -0.3 is 0 Å². The summed E-state index contributed by atoms with van der Waals surface area (Å²) in [5.74, 6) is 24.3. The topological polar surface area (TPSA) is 80.5 Å². The summed E-state index contributed by atoms with van der Waals surface area (Å²) in [4.78, 5) is 10.4. The molecule has 41 heavy (non-hydrogen) atoms. The Kier molecular flexibility index (Phi) is 12.7. The number of rotatable bonds is 7. The fraction of sp³-hybridized carbons (Fsp3) is 0.188. The molecule has 0 aliphatic carbocycles. The zero-order chi connectivity index (χ0) is 29.5. The summed E-state index contributed by atoms with van der Waals surface area (Å²) >= 11 is 6.58. The van der Waals surface area contributed by atoms with Crippen molar-refractivity contribution in [1.29, 1.82) is 0 Å². The molecule has 206 valence electrons. The Morgan fingerprint density at radius 1 is 0.707 bits per heavy atom. The van der Waals surface area contributed by atoms with Gasteiger partial charge in [0.15, 0.2) is 0 Å². The van der Waals surface area contributed by atoms with Crippen LogP contribution >= 0.6 is 31.9 Å². The molecule has 0 saturated heterocycles. The predicted molar refractivity (Wildman–Crippen MR) is 169 cm³/mol. The largest absolute Gasteiger partial charge is 0.269 e. The number of hydrogen-bond donors (Lipinski definition) is 0. The number of unbranched alkanes of at least 4 members (excludes halogenated alkanes) is 1. The summed E-state index contributed by atoms with van der Waals surface area (Å²) in [6.07, 6.45) is 0.911. The van der Waals surface area contributed by atoms with E-state index < -0.39 is 14.9 Å². The third kappa shape index (κ3) is 9.65. The second-order valence-electron chi connectivity index (χ2n) is 8.26. The number of hydrogen-bond acceptors (Lipinski definition) is 4. The number of halogens is 2. The zero-order valence-corrected chi connectivity index (χ0v) is 25.9. The molecule has 3 rings (SSSR count). The van der Waals surface area contributed by atoms with E-state index in [1.807, 2.05) is 48.5 Å². The van der Waals surface area contributed by atoms with Crippen LogP contribution in [0.5, 0.6) is 0 Å². The maximum absolute atomic E-state index is 13.5. The van der Waals surface area contributed by atoms with E-state index in [4.69, 9.17) is 0 Å². The van der Waals surface area contributed by atoms with Gasteiger partial charge in [-0.1, -0.05) is 103 Å². The molecule has 0 radical (unpaired) electrons. The SMILES string of the molecule is O=[N+]([O-])c1ccc(S(=O)(=O)N(CC#Cc2ccccc2C#CCBr)CCCC#Cc2ccccc2C#CCBr)cc1. The molecule has 3 aromatic carbocycles. The first-order valence-corrected chi connectivity index (χ1v) is 16.0. The van der Waals surface area contributed by atoms with E-state index in [0.29, 0.717) is 29.1 Å². The summed E-state index contributed by atoms with van der Waals surface area (Å²) in [6.45, 7) is 0.0939. The van der Waals surface area contributed by atoms with Crippen LogP contribution < -0.4 is 0 Å². The molecule has 9 heteroatoms. The molecule has 0 fully saturated rings. The lowest BCUT2D eigenvalue weighted by Gasteiger charge is -2.19. The average Bonchev–Trinajstić information content (AvgIpc) is 2.98. The summed E-state index contributed by atoms with van der Waals surface area (Å²) in [5.41, 5.74) is 2.90. The zero-order valence-electron chi connectivity index (χ0n) is 21.9. The molecule has 0 N–H and O–H groups in total. The first kappa shape index (κ1) is 31.7. The Hall–Kier alpha value is -3.83. The minimum Gasteiger partial charge on any atom is -0.258 e. The molecule has 0 atom stereocenters. The molecule has 0 unspecified atom stereocenters. The van der Waals surface area contributed by atoms with Crippen LogP contribution in [0.2, 0.25) is 0 Å². The maximum Gasteiger partial charge on any atom is 0.269 e. The van der Waals surface area contributed by atoms with Crippen molar-refractivity contribution in [2.45, 2.75) is 17.7 Å². The van der Waals surface area contributed by atoms with E-state index in [9.17, 15) is 18.5 Å². The molecule has 0 aliphatic heterocycles. The van der Waals surface area contributed by atoms with Gasteiger partial charge in [-0.15, -0.1) is 0 Å². The second kappa shape index (κ2) is 16.4. The van der Waals surface area contributed by atoms with Crippen molar-refractivity contribution in [2.24, 2.45) is 0 Å². The molecule has 0 saturated carbocycles. The highest BCUT2D eigenvalue weighted by Crippen LogP contribution is 2.20. The second-order valence-corrected chi connectivity index (χ2v) is 11.3. The van der Waals surface area contributed by atoms with Gasteiger partial charge in [0.05, 0.1) is 27.0 Å². The lowest BCUT2D eigenvalue weighted by atomic mass is 10.1. The Balaban J connectivity index is 1.82. The predicted octanol–water partition coefficient (Wildman–Crippen LogP) is 5.96. The Morgan fingerprint density at radius 2 is 1.17 bits per heavy atom. The first-order valence-electron chi connectivity index (χ1n) is 12.4. The summed E-state index contributed by atoms with van der Waals surface area (Å²) in [6, 6.07) is 19.8. The van der Waals surface area contributed by atoms with E-state index in [1.165, 1.54) is 28.6 Å². The molecule has 3 aromatic rings. The van der Waals surface area contributed by atoms with Crippen molar-refractivity contribution in [3.8, 4) is 47.4 Å². The normalized spacial score (nSPS) is 10.1. The quantitative estimate of drug-likeness (QED) is 0.101. The number of benzene rings is 3. The minimum atomic E-state index is -3.98. The van der Waals surface area contributed by atoms with Crippen LogP contribution in [0.3, 0.4) is 0 Å². The van der Waals surface area contributed by atoms with Gasteiger partial charge in [0, 0.05) is 47.4 Å². The summed E-state index contributed by atoms with van der Waals surface area (Å²) in [5, 5.41) is 12.1. The van der Waals surface area contributed by atoms with Crippen LogP contribution in [-0.4, -0.2) is 41.4 Å². The number of nitrogens with zero attached hydrogens (tertiary/aromatic N) is 2. The van der Waals surface area contributed by atoms with Crippen LogP contribution in [0.1, 0.15) is 35.1 Å². The van der Waals surface area contributed by atoms with Crippen molar-refractivity contribution in [3.63, 3.8) is 0 Å². The van der Waals surface area contributed by atoms with Crippen molar-refractivity contribution >= 4 is 47.6 Å². The number of nitro groups is 1. The van der Waals surface area contributed by atoms with Crippen LogP contribution in [-0.2, 0) is 10.0 Å². The van der Waals surface area contributed by atoms with Gasteiger partial charge in [0.25, 0.3) is 5.69 Å². The molecular weight excluding hydrogens is 668 g/mol. The molecule has 0 amide bonds. The summed E-state index contributed by atoms with van der Waals surface area (Å²) < 4.78 is 28.3. The highest BCUT2D eigenvalue weighted by Gasteiger charge is 2.24. The van der Waals surface area contributed by atoms with Crippen LogP contribution in [0, 0.1) is 57.5 Å².